The maximum absolute atomic E-state index is 13.7. The van der Waals surface area contributed by atoms with Crippen LogP contribution in [0.1, 0.15) is 11.3 Å². The number of carbonyl (C=O) groups excluding carboxylic acids is 1. The normalized spacial score (nSPS) is 14.5. The molecule has 36 heavy (non-hydrogen) atoms. The number of aromatic nitrogens is 2. The number of benzene rings is 2. The molecule has 0 aliphatic carbocycles. The molecule has 190 valence electrons. The van der Waals surface area contributed by atoms with E-state index in [0.29, 0.717) is 31.9 Å². The number of nitrogens with one attached hydrogen (secondary N) is 2. The fourth-order valence-corrected chi connectivity index (χ4v) is 3.85. The first-order valence-electron chi connectivity index (χ1n) is 11.3. The molecule has 3 aromatic rings. The van der Waals surface area contributed by atoms with Crippen molar-refractivity contribution in [1.29, 1.82) is 0 Å². The SMILES string of the molecule is Nc1nc(N2CCN(CCc3ccc(NC(=O)Nc4ccccc4F)cc3)CC2)cc(C(F)(F)F)n1. The molecule has 1 aliphatic heterocycles. The largest absolute Gasteiger partial charge is 0.433 e. The second-order valence-corrected chi connectivity index (χ2v) is 8.30. The number of halogens is 4. The summed E-state index contributed by atoms with van der Waals surface area (Å²) in [5.74, 6) is -0.738. The molecule has 2 heterocycles. The summed E-state index contributed by atoms with van der Waals surface area (Å²) in [6, 6.07) is 13.6. The maximum atomic E-state index is 13.7. The number of para-hydroxylation sites is 1. The highest BCUT2D eigenvalue weighted by molar-refractivity contribution is 5.99. The summed E-state index contributed by atoms with van der Waals surface area (Å²) >= 11 is 0. The Morgan fingerprint density at radius 3 is 2.33 bits per heavy atom. The van der Waals surface area contributed by atoms with Crippen molar-refractivity contribution < 1.29 is 22.4 Å². The molecule has 4 rings (SSSR count). The number of rotatable bonds is 6. The van der Waals surface area contributed by atoms with Crippen LogP contribution in [0.2, 0.25) is 0 Å². The molecular weight excluding hydrogens is 478 g/mol. The Morgan fingerprint density at radius 2 is 1.67 bits per heavy atom. The van der Waals surface area contributed by atoms with Crippen molar-refractivity contribution in [2.75, 3.05) is 54.0 Å². The standard InChI is InChI=1S/C24H25F4N7O/c25-18-3-1-2-4-19(18)31-23(36)30-17-7-5-16(6-8-17)9-10-34-11-13-35(14-12-34)21-15-20(24(26,27)28)32-22(29)33-21/h1-8,15H,9-14H2,(H2,29,32,33)(H2,30,31,36). The average Bonchev–Trinajstić information content (AvgIpc) is 2.84. The van der Waals surface area contributed by atoms with Gasteiger partial charge in [-0.15, -0.1) is 0 Å². The molecule has 2 amide bonds. The molecule has 1 saturated heterocycles. The van der Waals surface area contributed by atoms with Crippen LogP contribution in [0.15, 0.2) is 54.6 Å². The van der Waals surface area contributed by atoms with E-state index in [2.05, 4.69) is 25.5 Å². The molecule has 0 atom stereocenters. The van der Waals surface area contributed by atoms with E-state index in [9.17, 15) is 22.4 Å². The first-order valence-corrected chi connectivity index (χ1v) is 11.3. The number of nitrogens with two attached hydrogens (primary N) is 1. The molecule has 0 spiro atoms. The number of nitrogen functional groups attached to an aromatic ring is 1. The van der Waals surface area contributed by atoms with Crippen LogP contribution in [-0.4, -0.2) is 53.6 Å². The van der Waals surface area contributed by atoms with Crippen molar-refractivity contribution in [3.63, 3.8) is 0 Å². The molecule has 0 radical (unpaired) electrons. The third-order valence-corrected chi connectivity index (χ3v) is 5.77. The molecule has 0 unspecified atom stereocenters. The van der Waals surface area contributed by atoms with E-state index in [1.807, 2.05) is 12.1 Å². The Hall–Kier alpha value is -3.93. The monoisotopic (exact) mass is 503 g/mol. The van der Waals surface area contributed by atoms with Crippen molar-refractivity contribution in [2.45, 2.75) is 12.6 Å². The Labute approximate surface area is 205 Å². The minimum atomic E-state index is -4.58. The van der Waals surface area contributed by atoms with E-state index >= 15 is 0 Å². The molecule has 2 aromatic carbocycles. The van der Waals surface area contributed by atoms with Gasteiger partial charge in [0.05, 0.1) is 5.69 Å². The molecule has 1 fully saturated rings. The van der Waals surface area contributed by atoms with Crippen LogP contribution in [0.4, 0.5) is 45.5 Å². The van der Waals surface area contributed by atoms with Crippen molar-refractivity contribution in [1.82, 2.24) is 14.9 Å². The fourth-order valence-electron chi connectivity index (χ4n) is 3.85. The number of amides is 2. The second-order valence-electron chi connectivity index (χ2n) is 8.30. The van der Waals surface area contributed by atoms with Gasteiger partial charge >= 0.3 is 12.2 Å². The van der Waals surface area contributed by atoms with Gasteiger partial charge in [0.1, 0.15) is 11.6 Å². The third kappa shape index (κ3) is 6.60. The van der Waals surface area contributed by atoms with E-state index in [0.717, 1.165) is 24.6 Å². The van der Waals surface area contributed by atoms with E-state index < -0.39 is 29.7 Å². The zero-order chi connectivity index (χ0) is 25.7. The summed E-state index contributed by atoms with van der Waals surface area (Å²) in [6.07, 6.45) is -3.82. The predicted octanol–water partition coefficient (Wildman–Crippen LogP) is 4.23. The lowest BCUT2D eigenvalue weighted by molar-refractivity contribution is -0.141. The van der Waals surface area contributed by atoms with Gasteiger partial charge in [-0.3, -0.25) is 4.90 Å². The van der Waals surface area contributed by atoms with Crippen LogP contribution in [0, 0.1) is 5.82 Å². The lowest BCUT2D eigenvalue weighted by Crippen LogP contribution is -2.47. The summed E-state index contributed by atoms with van der Waals surface area (Å²) in [5, 5.41) is 5.13. The van der Waals surface area contributed by atoms with Gasteiger partial charge in [0.2, 0.25) is 5.95 Å². The highest BCUT2D eigenvalue weighted by atomic mass is 19.4. The van der Waals surface area contributed by atoms with Crippen LogP contribution >= 0.6 is 0 Å². The lowest BCUT2D eigenvalue weighted by atomic mass is 10.1. The van der Waals surface area contributed by atoms with Crippen LogP contribution in [0.5, 0.6) is 0 Å². The van der Waals surface area contributed by atoms with Crippen molar-refractivity contribution in [2.24, 2.45) is 0 Å². The third-order valence-electron chi connectivity index (χ3n) is 5.77. The summed E-state index contributed by atoms with van der Waals surface area (Å²) in [4.78, 5) is 23.3. The van der Waals surface area contributed by atoms with Gasteiger partial charge in [0.25, 0.3) is 0 Å². The van der Waals surface area contributed by atoms with Crippen molar-refractivity contribution in [3.05, 3.63) is 71.7 Å². The number of urea groups is 1. The van der Waals surface area contributed by atoms with Gasteiger partial charge in [0, 0.05) is 44.5 Å². The van der Waals surface area contributed by atoms with Gasteiger partial charge in [-0.1, -0.05) is 24.3 Å². The van der Waals surface area contributed by atoms with Gasteiger partial charge in [-0.25, -0.2) is 14.2 Å². The molecular formula is C24H25F4N7O. The summed E-state index contributed by atoms with van der Waals surface area (Å²) in [5.41, 5.74) is 6.16. The predicted molar refractivity (Wildman–Crippen MR) is 129 cm³/mol. The number of anilines is 4. The Bertz CT molecular complexity index is 1200. The number of hydrogen-bond donors (Lipinski definition) is 3. The smallest absolute Gasteiger partial charge is 0.368 e. The Kier molecular flexibility index (Phi) is 7.53. The van der Waals surface area contributed by atoms with Gasteiger partial charge in [-0.05, 0) is 36.2 Å². The quantitative estimate of drug-likeness (QED) is 0.436. The summed E-state index contributed by atoms with van der Waals surface area (Å²) in [7, 11) is 0. The fraction of sp³-hybridized carbons (Fsp3) is 0.292. The van der Waals surface area contributed by atoms with E-state index in [-0.39, 0.29) is 11.5 Å². The average molecular weight is 504 g/mol. The van der Waals surface area contributed by atoms with Crippen LogP contribution in [-0.2, 0) is 12.6 Å². The van der Waals surface area contributed by atoms with E-state index in [4.69, 9.17) is 5.73 Å². The molecule has 1 aliphatic rings. The highest BCUT2D eigenvalue weighted by Crippen LogP contribution is 2.30. The van der Waals surface area contributed by atoms with Crippen molar-refractivity contribution >= 4 is 29.2 Å². The first-order chi connectivity index (χ1) is 17.2. The summed E-state index contributed by atoms with van der Waals surface area (Å²) < 4.78 is 52.7. The van der Waals surface area contributed by atoms with Crippen LogP contribution in [0.25, 0.3) is 0 Å². The zero-order valence-electron chi connectivity index (χ0n) is 19.2. The first kappa shape index (κ1) is 25.2. The van der Waals surface area contributed by atoms with Gasteiger partial charge in [0.15, 0.2) is 5.69 Å². The molecule has 0 saturated carbocycles. The van der Waals surface area contributed by atoms with Crippen molar-refractivity contribution in [3.8, 4) is 0 Å². The van der Waals surface area contributed by atoms with Crippen LogP contribution in [0.3, 0.4) is 0 Å². The molecule has 1 aromatic heterocycles. The van der Waals surface area contributed by atoms with E-state index in [1.54, 1.807) is 29.2 Å². The summed E-state index contributed by atoms with van der Waals surface area (Å²) in [6.45, 7) is 3.15. The molecule has 12 heteroatoms. The topological polar surface area (TPSA) is 99.4 Å². The highest BCUT2D eigenvalue weighted by Gasteiger charge is 2.34. The van der Waals surface area contributed by atoms with Crippen LogP contribution < -0.4 is 21.3 Å². The lowest BCUT2D eigenvalue weighted by Gasteiger charge is -2.35. The van der Waals surface area contributed by atoms with Gasteiger partial charge < -0.3 is 21.3 Å². The van der Waals surface area contributed by atoms with E-state index in [1.165, 1.54) is 12.1 Å². The minimum absolute atomic E-state index is 0.0932. The molecule has 4 N–H and O–H groups in total. The number of piperazine rings is 1. The number of hydrogen-bond acceptors (Lipinski definition) is 6. The number of carbonyl (C=O) groups is 1. The Balaban J connectivity index is 1.24. The number of nitrogens with zero attached hydrogens (tertiary/aromatic N) is 4. The van der Waals surface area contributed by atoms with Gasteiger partial charge in [-0.2, -0.15) is 18.2 Å². The molecule has 0 bridgehead atoms. The minimum Gasteiger partial charge on any atom is -0.368 e. The second kappa shape index (κ2) is 10.8. The maximum Gasteiger partial charge on any atom is 0.433 e. The molecule has 8 nitrogen and oxygen atoms in total. The Morgan fingerprint density at radius 1 is 0.972 bits per heavy atom. The number of alkyl halides is 3. The zero-order valence-corrected chi connectivity index (χ0v) is 19.2.